The van der Waals surface area contributed by atoms with Crippen molar-refractivity contribution in [1.82, 2.24) is 29.8 Å². The molecule has 0 fully saturated rings. The number of benzene rings is 2. The minimum absolute atomic E-state index is 0.283. The molecule has 0 aliphatic carbocycles. The van der Waals surface area contributed by atoms with Crippen LogP contribution in [0.2, 0.25) is 0 Å². The Kier molecular flexibility index (Phi) is 4.67. The third-order valence-electron chi connectivity index (χ3n) is 4.32. The first-order chi connectivity index (χ1) is 13.7. The second kappa shape index (κ2) is 7.43. The summed E-state index contributed by atoms with van der Waals surface area (Å²) < 4.78 is 1.94. The predicted molar refractivity (Wildman–Crippen MR) is 105 cm³/mol. The lowest BCUT2D eigenvalue weighted by Gasteiger charge is -2.07. The highest BCUT2D eigenvalue weighted by atomic mass is 16.2. The highest BCUT2D eigenvalue weighted by Gasteiger charge is 2.17. The van der Waals surface area contributed by atoms with Crippen molar-refractivity contribution in [1.29, 1.82) is 0 Å². The number of carbonyl (C=O) groups excluding carboxylic acids is 1. The average Bonchev–Trinajstić information content (AvgIpc) is 3.35. The first kappa shape index (κ1) is 17.6. The molecule has 8 heteroatoms. The topological polar surface area (TPSA) is 90.5 Å². The van der Waals surface area contributed by atoms with Gasteiger partial charge < -0.3 is 9.88 Å². The van der Waals surface area contributed by atoms with Crippen LogP contribution in [-0.2, 0) is 6.54 Å². The average molecular weight is 373 g/mol. The van der Waals surface area contributed by atoms with Gasteiger partial charge in [-0.25, -0.2) is 0 Å². The Morgan fingerprint density at radius 2 is 1.89 bits per heavy atom. The number of aryl methyl sites for hydroxylation is 2. The molecule has 0 spiro atoms. The van der Waals surface area contributed by atoms with Crippen molar-refractivity contribution < 1.29 is 4.79 Å². The number of para-hydroxylation sites is 1. The van der Waals surface area contributed by atoms with E-state index in [4.69, 9.17) is 0 Å². The third kappa shape index (κ3) is 3.39. The quantitative estimate of drug-likeness (QED) is 0.580. The van der Waals surface area contributed by atoms with Crippen LogP contribution in [0, 0.1) is 6.92 Å². The molecular formula is C20H19N7O. The van der Waals surface area contributed by atoms with Crippen LogP contribution in [0.1, 0.15) is 23.1 Å². The maximum atomic E-state index is 12.7. The molecule has 1 N–H and O–H groups in total. The number of nitrogens with zero attached hydrogens (tertiary/aromatic N) is 6. The van der Waals surface area contributed by atoms with Gasteiger partial charge in [-0.2, -0.15) is 9.90 Å². The molecule has 0 unspecified atom stereocenters. The lowest BCUT2D eigenvalue weighted by atomic mass is 10.2. The standard InChI is InChI=1S/C20H19N7O/c1-3-26-13-21-23-19(26)15-8-7-9-16(12-15)22-20(28)18-14(2)24-27(25-18)17-10-5-4-6-11-17/h4-13H,3H2,1-2H3,(H,22,28). The van der Waals surface area contributed by atoms with Crippen LogP contribution < -0.4 is 5.32 Å². The molecule has 8 nitrogen and oxygen atoms in total. The Labute approximate surface area is 161 Å². The number of hydrogen-bond donors (Lipinski definition) is 1. The summed E-state index contributed by atoms with van der Waals surface area (Å²) in [5.74, 6) is 0.443. The van der Waals surface area contributed by atoms with E-state index in [1.165, 1.54) is 4.80 Å². The maximum absolute atomic E-state index is 12.7. The molecule has 0 bridgehead atoms. The van der Waals surface area contributed by atoms with Crippen molar-refractivity contribution in [3.05, 3.63) is 72.3 Å². The van der Waals surface area contributed by atoms with Gasteiger partial charge in [0.1, 0.15) is 6.33 Å². The highest BCUT2D eigenvalue weighted by molar-refractivity contribution is 6.03. The zero-order chi connectivity index (χ0) is 19.5. The van der Waals surface area contributed by atoms with Gasteiger partial charge in [0.15, 0.2) is 11.5 Å². The Bertz CT molecular complexity index is 1110. The van der Waals surface area contributed by atoms with E-state index in [9.17, 15) is 4.79 Å². The molecule has 2 heterocycles. The van der Waals surface area contributed by atoms with Gasteiger partial charge in [-0.3, -0.25) is 4.79 Å². The Morgan fingerprint density at radius 3 is 2.68 bits per heavy atom. The molecule has 0 radical (unpaired) electrons. The molecule has 2 aromatic heterocycles. The van der Waals surface area contributed by atoms with Crippen molar-refractivity contribution in [2.75, 3.05) is 5.32 Å². The number of rotatable bonds is 5. The minimum Gasteiger partial charge on any atom is -0.321 e. The van der Waals surface area contributed by atoms with Crippen molar-refractivity contribution in [2.24, 2.45) is 0 Å². The van der Waals surface area contributed by atoms with Gasteiger partial charge >= 0.3 is 0 Å². The molecule has 1 amide bonds. The minimum atomic E-state index is -0.311. The van der Waals surface area contributed by atoms with E-state index >= 15 is 0 Å². The fraction of sp³-hybridized carbons (Fsp3) is 0.150. The van der Waals surface area contributed by atoms with E-state index in [0.717, 1.165) is 23.6 Å². The fourth-order valence-electron chi connectivity index (χ4n) is 2.90. The van der Waals surface area contributed by atoms with Crippen LogP contribution in [0.4, 0.5) is 5.69 Å². The number of nitrogens with one attached hydrogen (secondary N) is 1. The monoisotopic (exact) mass is 373 g/mol. The number of amides is 1. The number of carbonyl (C=O) groups is 1. The van der Waals surface area contributed by atoms with Gasteiger partial charge in [0.05, 0.1) is 11.4 Å². The first-order valence-electron chi connectivity index (χ1n) is 8.94. The third-order valence-corrected chi connectivity index (χ3v) is 4.32. The Balaban J connectivity index is 1.58. The van der Waals surface area contributed by atoms with E-state index in [2.05, 4.69) is 25.7 Å². The van der Waals surface area contributed by atoms with Crippen LogP contribution in [0.3, 0.4) is 0 Å². The second-order valence-corrected chi connectivity index (χ2v) is 6.23. The summed E-state index contributed by atoms with van der Waals surface area (Å²) in [5, 5.41) is 19.7. The van der Waals surface area contributed by atoms with Gasteiger partial charge in [-0.15, -0.1) is 15.3 Å². The van der Waals surface area contributed by atoms with Crippen LogP contribution in [-0.4, -0.2) is 35.7 Å². The lowest BCUT2D eigenvalue weighted by molar-refractivity contribution is 0.102. The predicted octanol–water partition coefficient (Wildman–Crippen LogP) is 3.11. The fourth-order valence-corrected chi connectivity index (χ4v) is 2.90. The molecular weight excluding hydrogens is 354 g/mol. The zero-order valence-electron chi connectivity index (χ0n) is 15.6. The second-order valence-electron chi connectivity index (χ2n) is 6.23. The summed E-state index contributed by atoms with van der Waals surface area (Å²) in [6.07, 6.45) is 1.69. The molecule has 28 heavy (non-hydrogen) atoms. The molecule has 0 aliphatic heterocycles. The lowest BCUT2D eigenvalue weighted by Crippen LogP contribution is -2.14. The van der Waals surface area contributed by atoms with Gasteiger partial charge in [0.25, 0.3) is 5.91 Å². The van der Waals surface area contributed by atoms with Crippen LogP contribution in [0.15, 0.2) is 60.9 Å². The summed E-state index contributed by atoms with van der Waals surface area (Å²) in [4.78, 5) is 14.2. The largest absolute Gasteiger partial charge is 0.321 e. The summed E-state index contributed by atoms with van der Waals surface area (Å²) in [5.41, 5.74) is 3.17. The molecule has 2 aromatic carbocycles. The molecule has 0 aliphatic rings. The van der Waals surface area contributed by atoms with Gasteiger partial charge in [0.2, 0.25) is 0 Å². The molecule has 0 saturated carbocycles. The van der Waals surface area contributed by atoms with E-state index in [-0.39, 0.29) is 11.6 Å². The Morgan fingerprint density at radius 1 is 1.07 bits per heavy atom. The maximum Gasteiger partial charge on any atom is 0.278 e. The number of aromatic nitrogens is 6. The van der Waals surface area contributed by atoms with E-state index in [0.29, 0.717) is 11.4 Å². The zero-order valence-corrected chi connectivity index (χ0v) is 15.6. The first-order valence-corrected chi connectivity index (χ1v) is 8.94. The molecule has 4 rings (SSSR count). The van der Waals surface area contributed by atoms with E-state index < -0.39 is 0 Å². The van der Waals surface area contributed by atoms with Crippen LogP contribution in [0.25, 0.3) is 17.1 Å². The molecule has 0 saturated heterocycles. The van der Waals surface area contributed by atoms with E-state index in [1.807, 2.05) is 66.1 Å². The SMILES string of the molecule is CCn1cnnc1-c1cccc(NC(=O)c2nn(-c3ccccc3)nc2C)c1. The van der Waals surface area contributed by atoms with Crippen molar-refractivity contribution in [3.8, 4) is 17.1 Å². The number of hydrogen-bond acceptors (Lipinski definition) is 5. The normalized spacial score (nSPS) is 10.8. The summed E-state index contributed by atoms with van der Waals surface area (Å²) in [6, 6.07) is 17.0. The summed E-state index contributed by atoms with van der Waals surface area (Å²) >= 11 is 0. The molecule has 140 valence electrons. The van der Waals surface area contributed by atoms with Crippen LogP contribution in [0.5, 0.6) is 0 Å². The van der Waals surface area contributed by atoms with Gasteiger partial charge in [-0.05, 0) is 38.1 Å². The smallest absolute Gasteiger partial charge is 0.278 e. The van der Waals surface area contributed by atoms with Crippen LogP contribution >= 0.6 is 0 Å². The summed E-state index contributed by atoms with van der Waals surface area (Å²) in [7, 11) is 0. The van der Waals surface area contributed by atoms with E-state index in [1.54, 1.807) is 13.3 Å². The molecule has 4 aromatic rings. The van der Waals surface area contributed by atoms with Crippen molar-refractivity contribution in [2.45, 2.75) is 20.4 Å². The van der Waals surface area contributed by atoms with Crippen molar-refractivity contribution >= 4 is 11.6 Å². The Hall–Kier alpha value is -3.81. The van der Waals surface area contributed by atoms with Gasteiger partial charge in [0, 0.05) is 17.8 Å². The number of anilines is 1. The summed E-state index contributed by atoms with van der Waals surface area (Å²) in [6.45, 7) is 4.56. The molecule has 0 atom stereocenters. The van der Waals surface area contributed by atoms with Crippen molar-refractivity contribution in [3.63, 3.8) is 0 Å². The van der Waals surface area contributed by atoms with Gasteiger partial charge in [-0.1, -0.05) is 30.3 Å². The highest BCUT2D eigenvalue weighted by Crippen LogP contribution is 2.21.